The second-order valence-corrected chi connectivity index (χ2v) is 7.05. The van der Waals surface area contributed by atoms with E-state index in [4.69, 9.17) is 0 Å². The maximum atomic E-state index is 12.6. The van der Waals surface area contributed by atoms with Crippen LogP contribution in [0.5, 0.6) is 0 Å². The third-order valence-electron chi connectivity index (χ3n) is 4.12. The van der Waals surface area contributed by atoms with Crippen molar-refractivity contribution in [3.8, 4) is 0 Å². The van der Waals surface area contributed by atoms with E-state index in [-0.39, 0.29) is 11.6 Å². The van der Waals surface area contributed by atoms with Gasteiger partial charge in [-0.05, 0) is 38.0 Å². The number of nitrogens with zero attached hydrogens (tertiary/aromatic N) is 1. The zero-order valence-electron chi connectivity index (χ0n) is 12.4. The van der Waals surface area contributed by atoms with Gasteiger partial charge in [0.15, 0.2) is 0 Å². The molecule has 116 valence electrons. The topological polar surface area (TPSA) is 66.5 Å². The maximum Gasteiger partial charge on any atom is 0.331 e. The summed E-state index contributed by atoms with van der Waals surface area (Å²) >= 11 is 1.51. The van der Waals surface area contributed by atoms with Crippen LogP contribution < -0.4 is 5.32 Å². The van der Waals surface area contributed by atoms with Gasteiger partial charge in [0.2, 0.25) is 0 Å². The number of rotatable bonds is 2. The maximum absolute atomic E-state index is 12.6. The second-order valence-electron chi connectivity index (χ2n) is 5.73. The van der Waals surface area contributed by atoms with E-state index in [0.29, 0.717) is 0 Å². The summed E-state index contributed by atoms with van der Waals surface area (Å²) in [5.74, 6) is -1.07. The molecule has 0 atom stereocenters. The number of imide groups is 2. The average Bonchev–Trinajstić information content (AvgIpc) is 2.90. The van der Waals surface area contributed by atoms with Gasteiger partial charge in [-0.25, -0.2) is 4.79 Å². The lowest BCUT2D eigenvalue weighted by Crippen LogP contribution is -2.58. The number of barbiturate groups is 1. The Bertz CT molecular complexity index is 656. The number of nitrogens with one attached hydrogen (secondary N) is 1. The van der Waals surface area contributed by atoms with Crippen LogP contribution in [0.1, 0.15) is 41.9 Å². The molecule has 22 heavy (non-hydrogen) atoms. The molecule has 6 heteroatoms. The highest BCUT2D eigenvalue weighted by Crippen LogP contribution is 2.27. The molecule has 1 aromatic heterocycles. The summed E-state index contributed by atoms with van der Waals surface area (Å²) in [6.45, 7) is 1.97. The Morgan fingerprint density at radius 3 is 2.55 bits per heavy atom. The van der Waals surface area contributed by atoms with Gasteiger partial charge in [-0.1, -0.05) is 19.3 Å². The highest BCUT2D eigenvalue weighted by molar-refractivity contribution is 7.12. The number of hydrogen-bond donors (Lipinski definition) is 1. The Morgan fingerprint density at radius 1 is 1.18 bits per heavy atom. The molecule has 2 fully saturated rings. The minimum absolute atomic E-state index is 0.0482. The fourth-order valence-electron chi connectivity index (χ4n) is 3.02. The molecule has 1 N–H and O–H groups in total. The van der Waals surface area contributed by atoms with Gasteiger partial charge in [0.1, 0.15) is 5.57 Å². The summed E-state index contributed by atoms with van der Waals surface area (Å²) in [7, 11) is 0. The smallest absolute Gasteiger partial charge is 0.273 e. The van der Waals surface area contributed by atoms with E-state index in [1.165, 1.54) is 16.2 Å². The van der Waals surface area contributed by atoms with Gasteiger partial charge in [-0.2, -0.15) is 0 Å². The summed E-state index contributed by atoms with van der Waals surface area (Å²) < 4.78 is 0. The van der Waals surface area contributed by atoms with Gasteiger partial charge in [0, 0.05) is 15.8 Å². The third kappa shape index (κ3) is 2.83. The van der Waals surface area contributed by atoms with Crippen molar-refractivity contribution in [1.82, 2.24) is 10.2 Å². The fraction of sp³-hybridized carbons (Fsp3) is 0.438. The second kappa shape index (κ2) is 6.04. The molecule has 0 unspecified atom stereocenters. The molecule has 0 bridgehead atoms. The Morgan fingerprint density at radius 2 is 1.91 bits per heavy atom. The number of hydrogen-bond acceptors (Lipinski definition) is 4. The third-order valence-corrected chi connectivity index (χ3v) is 5.07. The fourth-order valence-corrected chi connectivity index (χ4v) is 3.84. The Hall–Kier alpha value is -1.95. The molecule has 2 heterocycles. The molecule has 4 amide bonds. The molecular weight excluding hydrogens is 300 g/mol. The summed E-state index contributed by atoms with van der Waals surface area (Å²) in [6.07, 6.45) is 6.38. The van der Waals surface area contributed by atoms with Crippen molar-refractivity contribution in [2.24, 2.45) is 0 Å². The van der Waals surface area contributed by atoms with Crippen LogP contribution in [0, 0.1) is 6.92 Å². The van der Waals surface area contributed by atoms with Gasteiger partial charge in [-0.15, -0.1) is 11.3 Å². The van der Waals surface area contributed by atoms with Crippen molar-refractivity contribution < 1.29 is 14.4 Å². The largest absolute Gasteiger partial charge is 0.331 e. The summed E-state index contributed by atoms with van der Waals surface area (Å²) in [5, 5.41) is 2.30. The summed E-state index contributed by atoms with van der Waals surface area (Å²) in [6, 6.07) is 3.13. The number of thiophene rings is 1. The molecule has 1 aliphatic carbocycles. The summed E-state index contributed by atoms with van der Waals surface area (Å²) in [4.78, 5) is 39.9. The van der Waals surface area contributed by atoms with Crippen LogP contribution in [0.3, 0.4) is 0 Å². The highest BCUT2D eigenvalue weighted by atomic mass is 32.1. The first kappa shape index (κ1) is 15.0. The normalized spacial score (nSPS) is 22.3. The zero-order valence-corrected chi connectivity index (χ0v) is 13.2. The van der Waals surface area contributed by atoms with E-state index in [2.05, 4.69) is 5.32 Å². The predicted octanol–water partition coefficient (Wildman–Crippen LogP) is 2.85. The number of carbonyl (C=O) groups is 3. The first-order chi connectivity index (χ1) is 10.6. The van der Waals surface area contributed by atoms with Crippen molar-refractivity contribution in [3.63, 3.8) is 0 Å². The van der Waals surface area contributed by atoms with E-state index in [0.717, 1.165) is 41.9 Å². The Labute approximate surface area is 133 Å². The van der Waals surface area contributed by atoms with Crippen LogP contribution in [0.4, 0.5) is 4.79 Å². The van der Waals surface area contributed by atoms with Gasteiger partial charge in [0.05, 0.1) is 0 Å². The van der Waals surface area contributed by atoms with Crippen LogP contribution in [0.15, 0.2) is 17.7 Å². The molecule has 5 nitrogen and oxygen atoms in total. The van der Waals surface area contributed by atoms with E-state index < -0.39 is 17.8 Å². The number of amides is 4. The van der Waals surface area contributed by atoms with Crippen LogP contribution in [0.2, 0.25) is 0 Å². The molecular formula is C16H18N2O3S. The SMILES string of the molecule is Cc1ccc(C=C2C(=O)NC(=O)N(C3CCCCC3)C2=O)s1. The van der Waals surface area contributed by atoms with Crippen molar-refractivity contribution in [2.75, 3.05) is 0 Å². The zero-order chi connectivity index (χ0) is 15.7. The van der Waals surface area contributed by atoms with Crippen molar-refractivity contribution in [1.29, 1.82) is 0 Å². The van der Waals surface area contributed by atoms with Gasteiger partial charge in [-0.3, -0.25) is 19.8 Å². The first-order valence-electron chi connectivity index (χ1n) is 7.53. The molecule has 0 radical (unpaired) electrons. The minimum Gasteiger partial charge on any atom is -0.273 e. The number of aryl methyl sites for hydroxylation is 1. The van der Waals surface area contributed by atoms with E-state index >= 15 is 0 Å². The van der Waals surface area contributed by atoms with E-state index in [1.807, 2.05) is 19.1 Å². The van der Waals surface area contributed by atoms with Crippen molar-refractivity contribution in [2.45, 2.75) is 45.1 Å². The predicted molar refractivity (Wildman–Crippen MR) is 84.3 cm³/mol. The van der Waals surface area contributed by atoms with Crippen LogP contribution >= 0.6 is 11.3 Å². The van der Waals surface area contributed by atoms with Crippen LogP contribution in [0.25, 0.3) is 6.08 Å². The lowest BCUT2D eigenvalue weighted by atomic mass is 9.93. The minimum atomic E-state index is -0.604. The van der Waals surface area contributed by atoms with Gasteiger partial charge >= 0.3 is 6.03 Å². The molecule has 1 aromatic rings. The van der Waals surface area contributed by atoms with Gasteiger partial charge in [0.25, 0.3) is 11.8 Å². The van der Waals surface area contributed by atoms with Crippen LogP contribution in [-0.2, 0) is 9.59 Å². The lowest BCUT2D eigenvalue weighted by molar-refractivity contribution is -0.132. The van der Waals surface area contributed by atoms with E-state index in [9.17, 15) is 14.4 Å². The Kier molecular flexibility index (Phi) is 4.11. The van der Waals surface area contributed by atoms with Crippen molar-refractivity contribution in [3.05, 3.63) is 27.5 Å². The molecule has 2 aliphatic rings. The first-order valence-corrected chi connectivity index (χ1v) is 8.35. The van der Waals surface area contributed by atoms with E-state index in [1.54, 1.807) is 6.08 Å². The quantitative estimate of drug-likeness (QED) is 0.673. The van der Waals surface area contributed by atoms with Crippen LogP contribution in [-0.4, -0.2) is 28.8 Å². The molecule has 1 saturated heterocycles. The highest BCUT2D eigenvalue weighted by Gasteiger charge is 2.40. The lowest BCUT2D eigenvalue weighted by Gasteiger charge is -2.35. The molecule has 3 rings (SSSR count). The number of carbonyl (C=O) groups excluding carboxylic acids is 3. The summed E-state index contributed by atoms with van der Waals surface area (Å²) in [5.41, 5.74) is 0.0482. The molecule has 0 aromatic carbocycles. The molecule has 0 spiro atoms. The standard InChI is InChI=1S/C16H18N2O3S/c1-10-7-8-12(22-10)9-13-14(19)17-16(21)18(15(13)20)11-5-3-2-4-6-11/h7-9,11H,2-6H2,1H3,(H,17,19,21). The Balaban J connectivity index is 1.90. The van der Waals surface area contributed by atoms with Gasteiger partial charge < -0.3 is 0 Å². The number of urea groups is 1. The monoisotopic (exact) mass is 318 g/mol. The van der Waals surface area contributed by atoms with Crippen molar-refractivity contribution >= 4 is 35.3 Å². The molecule has 1 saturated carbocycles. The average molecular weight is 318 g/mol. The molecule has 1 aliphatic heterocycles.